The lowest BCUT2D eigenvalue weighted by atomic mass is 10.1. The highest BCUT2D eigenvalue weighted by atomic mass is 35.5. The van der Waals surface area contributed by atoms with Gasteiger partial charge in [-0.05, 0) is 31.5 Å². The largest absolute Gasteiger partial charge is 0.496 e. The van der Waals surface area contributed by atoms with Crippen molar-refractivity contribution in [2.75, 3.05) is 7.11 Å². The molecule has 0 aliphatic carbocycles. The predicted octanol–water partition coefficient (Wildman–Crippen LogP) is 2.81. The number of nitrogens with zero attached hydrogens (tertiary/aromatic N) is 1. The maximum atomic E-state index is 6.17. The van der Waals surface area contributed by atoms with E-state index in [0.717, 1.165) is 34.1 Å². The number of H-pyrrole nitrogens is 1. The minimum Gasteiger partial charge on any atom is -0.496 e. The van der Waals surface area contributed by atoms with Crippen molar-refractivity contribution in [1.29, 1.82) is 0 Å². The smallest absolute Gasteiger partial charge is 0.128 e. The molecule has 0 aliphatic rings. The maximum absolute atomic E-state index is 6.17. The van der Waals surface area contributed by atoms with Crippen molar-refractivity contribution in [2.24, 2.45) is 5.73 Å². The van der Waals surface area contributed by atoms with Crippen molar-refractivity contribution in [3.8, 4) is 17.0 Å². The molecule has 0 bridgehead atoms. The number of halogens is 1. The van der Waals surface area contributed by atoms with Crippen LogP contribution in [0.2, 0.25) is 5.02 Å². The van der Waals surface area contributed by atoms with E-state index in [0.29, 0.717) is 11.6 Å². The number of methoxy groups -OCH3 is 1. The predicted molar refractivity (Wildman–Crippen MR) is 73.0 cm³/mol. The molecule has 3 N–H and O–H groups in total. The molecule has 0 atom stereocenters. The highest BCUT2D eigenvalue weighted by Crippen LogP contribution is 2.35. The average molecular weight is 266 g/mol. The summed E-state index contributed by atoms with van der Waals surface area (Å²) in [6.07, 6.45) is 0. The van der Waals surface area contributed by atoms with Crippen LogP contribution in [0.5, 0.6) is 5.75 Å². The van der Waals surface area contributed by atoms with Gasteiger partial charge < -0.3 is 15.5 Å². The summed E-state index contributed by atoms with van der Waals surface area (Å²) in [5, 5.41) is 0.697. The van der Waals surface area contributed by atoms with Gasteiger partial charge in [-0.3, -0.25) is 0 Å². The van der Waals surface area contributed by atoms with Gasteiger partial charge in [0, 0.05) is 16.3 Å². The zero-order valence-corrected chi connectivity index (χ0v) is 11.4. The average Bonchev–Trinajstić information content (AvgIpc) is 2.73. The van der Waals surface area contributed by atoms with Crippen LogP contribution in [0.1, 0.15) is 17.1 Å². The number of nitrogens with two attached hydrogens (primary N) is 1. The fourth-order valence-corrected chi connectivity index (χ4v) is 2.05. The van der Waals surface area contributed by atoms with Crippen LogP contribution in [-0.4, -0.2) is 17.1 Å². The molecule has 4 nitrogen and oxygen atoms in total. The highest BCUT2D eigenvalue weighted by Gasteiger charge is 2.15. The first-order valence-electron chi connectivity index (χ1n) is 5.67. The van der Waals surface area contributed by atoms with Crippen LogP contribution in [-0.2, 0) is 6.54 Å². The van der Waals surface area contributed by atoms with E-state index in [9.17, 15) is 0 Å². The van der Waals surface area contributed by atoms with Crippen LogP contribution in [0.4, 0.5) is 0 Å². The van der Waals surface area contributed by atoms with Gasteiger partial charge in [0.25, 0.3) is 0 Å². The molecule has 0 fully saturated rings. The molecule has 0 radical (unpaired) electrons. The van der Waals surface area contributed by atoms with Crippen LogP contribution < -0.4 is 10.5 Å². The van der Waals surface area contributed by atoms with Crippen molar-refractivity contribution in [1.82, 2.24) is 9.97 Å². The molecular weight excluding hydrogens is 250 g/mol. The fourth-order valence-electron chi connectivity index (χ4n) is 1.89. The van der Waals surface area contributed by atoms with Gasteiger partial charge in [0.1, 0.15) is 11.6 Å². The Morgan fingerprint density at radius 3 is 2.67 bits per heavy atom. The number of imidazole rings is 1. The lowest BCUT2D eigenvalue weighted by molar-refractivity contribution is 0.416. The molecule has 0 aliphatic heterocycles. The minimum atomic E-state index is 0.378. The van der Waals surface area contributed by atoms with Crippen LogP contribution in [0, 0.1) is 13.8 Å². The Bertz CT molecular complexity index is 578. The van der Waals surface area contributed by atoms with E-state index < -0.39 is 0 Å². The maximum Gasteiger partial charge on any atom is 0.128 e. The van der Waals surface area contributed by atoms with Gasteiger partial charge in [0.15, 0.2) is 0 Å². The summed E-state index contributed by atoms with van der Waals surface area (Å²) in [5.74, 6) is 1.51. The summed E-state index contributed by atoms with van der Waals surface area (Å²) in [4.78, 5) is 7.60. The molecule has 1 heterocycles. The van der Waals surface area contributed by atoms with Crippen LogP contribution in [0.25, 0.3) is 11.3 Å². The SMILES string of the molecule is COc1cc(C)c(Cl)cc1-c1nc(CN)[nH]c1C. The number of aromatic nitrogens is 2. The number of hydrogen-bond acceptors (Lipinski definition) is 3. The fraction of sp³-hybridized carbons (Fsp3) is 0.308. The Morgan fingerprint density at radius 1 is 1.39 bits per heavy atom. The summed E-state index contributed by atoms with van der Waals surface area (Å²) in [5.41, 5.74) is 9.22. The van der Waals surface area contributed by atoms with Crippen LogP contribution >= 0.6 is 11.6 Å². The normalized spacial score (nSPS) is 10.7. The first kappa shape index (κ1) is 12.9. The summed E-state index contributed by atoms with van der Waals surface area (Å²) in [6.45, 7) is 4.27. The minimum absolute atomic E-state index is 0.378. The third kappa shape index (κ3) is 2.21. The van der Waals surface area contributed by atoms with E-state index >= 15 is 0 Å². The Hall–Kier alpha value is -1.52. The Morgan fingerprint density at radius 2 is 2.11 bits per heavy atom. The molecule has 0 amide bonds. The van der Waals surface area contributed by atoms with Crippen molar-refractivity contribution in [3.63, 3.8) is 0 Å². The molecule has 0 saturated heterocycles. The lowest BCUT2D eigenvalue weighted by Gasteiger charge is -2.09. The number of aromatic amines is 1. The molecule has 18 heavy (non-hydrogen) atoms. The Kier molecular flexibility index (Phi) is 3.59. The van der Waals surface area contributed by atoms with Gasteiger partial charge in [0.2, 0.25) is 0 Å². The number of rotatable bonds is 3. The van der Waals surface area contributed by atoms with Crippen LogP contribution in [0.15, 0.2) is 12.1 Å². The second-order valence-electron chi connectivity index (χ2n) is 4.16. The van der Waals surface area contributed by atoms with Gasteiger partial charge >= 0.3 is 0 Å². The second kappa shape index (κ2) is 5.00. The zero-order valence-electron chi connectivity index (χ0n) is 10.7. The third-order valence-corrected chi connectivity index (χ3v) is 3.27. The monoisotopic (exact) mass is 265 g/mol. The first-order chi connectivity index (χ1) is 8.56. The van der Waals surface area contributed by atoms with Gasteiger partial charge in [-0.25, -0.2) is 4.98 Å². The molecule has 1 aromatic carbocycles. The van der Waals surface area contributed by atoms with Gasteiger partial charge in [-0.1, -0.05) is 11.6 Å². The van der Waals surface area contributed by atoms with Crippen molar-refractivity contribution in [2.45, 2.75) is 20.4 Å². The quantitative estimate of drug-likeness (QED) is 0.897. The van der Waals surface area contributed by atoms with Crippen molar-refractivity contribution in [3.05, 3.63) is 34.2 Å². The molecular formula is C13H16ClN3O. The van der Waals surface area contributed by atoms with Gasteiger partial charge in [-0.2, -0.15) is 0 Å². The summed E-state index contributed by atoms with van der Waals surface area (Å²) in [7, 11) is 1.64. The molecule has 0 saturated carbocycles. The number of benzene rings is 1. The van der Waals surface area contributed by atoms with Gasteiger partial charge in [-0.15, -0.1) is 0 Å². The van der Waals surface area contributed by atoms with E-state index in [1.54, 1.807) is 7.11 Å². The summed E-state index contributed by atoms with van der Waals surface area (Å²) < 4.78 is 5.39. The van der Waals surface area contributed by atoms with E-state index in [4.69, 9.17) is 22.1 Å². The Balaban J connectivity index is 2.61. The number of aryl methyl sites for hydroxylation is 2. The lowest BCUT2D eigenvalue weighted by Crippen LogP contribution is -1.98. The second-order valence-corrected chi connectivity index (χ2v) is 4.57. The topological polar surface area (TPSA) is 63.9 Å². The van der Waals surface area contributed by atoms with Crippen molar-refractivity contribution >= 4 is 11.6 Å². The van der Waals surface area contributed by atoms with E-state index in [-0.39, 0.29) is 0 Å². The molecule has 5 heteroatoms. The molecule has 96 valence electrons. The van der Waals surface area contributed by atoms with E-state index in [2.05, 4.69) is 9.97 Å². The van der Waals surface area contributed by atoms with Crippen molar-refractivity contribution < 1.29 is 4.74 Å². The summed E-state index contributed by atoms with van der Waals surface area (Å²) in [6, 6.07) is 3.78. The Labute approximate surface area is 111 Å². The highest BCUT2D eigenvalue weighted by molar-refractivity contribution is 6.31. The number of ether oxygens (including phenoxy) is 1. The van der Waals surface area contributed by atoms with Gasteiger partial charge in [0.05, 0.1) is 19.3 Å². The van der Waals surface area contributed by atoms with E-state index in [1.807, 2.05) is 26.0 Å². The van der Waals surface area contributed by atoms with Crippen LogP contribution in [0.3, 0.4) is 0 Å². The first-order valence-corrected chi connectivity index (χ1v) is 6.04. The third-order valence-electron chi connectivity index (χ3n) is 2.86. The zero-order chi connectivity index (χ0) is 13.3. The summed E-state index contributed by atoms with van der Waals surface area (Å²) >= 11 is 6.17. The molecule has 2 rings (SSSR count). The molecule has 0 unspecified atom stereocenters. The molecule has 1 aromatic heterocycles. The molecule has 2 aromatic rings. The standard InChI is InChI=1S/C13H16ClN3O/c1-7-4-11(18-3)9(5-10(7)14)13-8(2)16-12(6-15)17-13/h4-5H,6,15H2,1-3H3,(H,16,17). The number of nitrogens with one attached hydrogen (secondary N) is 1. The van der Waals surface area contributed by atoms with E-state index in [1.165, 1.54) is 0 Å². The number of hydrogen-bond donors (Lipinski definition) is 2. The molecule has 0 spiro atoms.